The molecule has 3 aliphatic rings. The number of amides is 1. The van der Waals surface area contributed by atoms with Crippen molar-refractivity contribution in [3.05, 3.63) is 60.5 Å². The first-order valence-corrected chi connectivity index (χ1v) is 10.9. The van der Waals surface area contributed by atoms with Gasteiger partial charge in [-0.3, -0.25) is 14.4 Å². The Labute approximate surface area is 182 Å². The third-order valence-electron chi connectivity index (χ3n) is 6.60. The standard InChI is InChI=1S/C24H28N4O3/c1-27-22(13-21(26-27)23-8-5-11-30-23)20-15-28-10-9-17(20)12-18(28)14-25-24(29)16-31-19-6-3-2-4-7-19/h2-8,11,13,17-18,20H,9-10,12,14-16H2,1H3,(H,25,29). The van der Waals surface area contributed by atoms with Crippen molar-refractivity contribution in [2.45, 2.75) is 24.8 Å². The van der Waals surface area contributed by atoms with Gasteiger partial charge in [-0.1, -0.05) is 18.2 Å². The van der Waals surface area contributed by atoms with Crippen molar-refractivity contribution in [3.8, 4) is 17.2 Å². The van der Waals surface area contributed by atoms with E-state index in [-0.39, 0.29) is 12.5 Å². The number of fused-ring (bicyclic) bond motifs is 3. The average molecular weight is 421 g/mol. The Balaban J connectivity index is 1.16. The molecule has 3 saturated heterocycles. The fourth-order valence-corrected chi connectivity index (χ4v) is 5.01. The minimum absolute atomic E-state index is 0.0490. The highest BCUT2D eigenvalue weighted by Crippen LogP contribution is 2.42. The van der Waals surface area contributed by atoms with Crippen molar-refractivity contribution < 1.29 is 13.9 Å². The molecule has 0 aliphatic carbocycles. The number of benzene rings is 1. The van der Waals surface area contributed by atoms with Crippen molar-refractivity contribution in [1.82, 2.24) is 20.0 Å². The van der Waals surface area contributed by atoms with Crippen LogP contribution in [-0.4, -0.2) is 52.9 Å². The van der Waals surface area contributed by atoms with Gasteiger partial charge in [0.25, 0.3) is 5.91 Å². The second kappa shape index (κ2) is 8.59. The number of rotatable bonds is 7. The first-order valence-electron chi connectivity index (χ1n) is 10.9. The number of aromatic nitrogens is 2. The molecule has 6 rings (SSSR count). The largest absolute Gasteiger partial charge is 0.484 e. The van der Waals surface area contributed by atoms with Crippen LogP contribution >= 0.6 is 0 Å². The molecule has 1 N–H and O–H groups in total. The van der Waals surface area contributed by atoms with E-state index in [2.05, 4.69) is 21.4 Å². The highest BCUT2D eigenvalue weighted by Gasteiger charge is 2.41. The van der Waals surface area contributed by atoms with Crippen LogP contribution in [0.1, 0.15) is 24.5 Å². The summed E-state index contributed by atoms with van der Waals surface area (Å²) in [5.41, 5.74) is 2.15. The van der Waals surface area contributed by atoms with Gasteiger partial charge in [0.15, 0.2) is 12.4 Å². The van der Waals surface area contributed by atoms with E-state index in [4.69, 9.17) is 9.15 Å². The number of carbonyl (C=O) groups is 1. The fraction of sp³-hybridized carbons (Fsp3) is 0.417. The highest BCUT2D eigenvalue weighted by atomic mass is 16.5. The monoisotopic (exact) mass is 420 g/mol. The second-order valence-electron chi connectivity index (χ2n) is 8.50. The molecular formula is C24H28N4O3. The second-order valence-corrected chi connectivity index (χ2v) is 8.50. The molecule has 7 heteroatoms. The summed E-state index contributed by atoms with van der Waals surface area (Å²) >= 11 is 0. The van der Waals surface area contributed by atoms with Crippen LogP contribution in [0.2, 0.25) is 0 Å². The van der Waals surface area contributed by atoms with Gasteiger partial charge in [0.05, 0.1) is 6.26 Å². The van der Waals surface area contributed by atoms with Gasteiger partial charge in [-0.2, -0.15) is 5.10 Å². The zero-order valence-corrected chi connectivity index (χ0v) is 17.7. The maximum Gasteiger partial charge on any atom is 0.257 e. The van der Waals surface area contributed by atoms with E-state index in [1.807, 2.05) is 54.2 Å². The van der Waals surface area contributed by atoms with E-state index in [9.17, 15) is 4.79 Å². The van der Waals surface area contributed by atoms with Crippen LogP contribution in [0.25, 0.3) is 11.5 Å². The van der Waals surface area contributed by atoms with Crippen LogP contribution < -0.4 is 10.1 Å². The summed E-state index contributed by atoms with van der Waals surface area (Å²) in [7, 11) is 2.02. The van der Waals surface area contributed by atoms with E-state index >= 15 is 0 Å². The van der Waals surface area contributed by atoms with Crippen LogP contribution in [-0.2, 0) is 11.8 Å². The summed E-state index contributed by atoms with van der Waals surface area (Å²) < 4.78 is 13.1. The van der Waals surface area contributed by atoms with Gasteiger partial charge in [0, 0.05) is 37.8 Å². The first kappa shape index (κ1) is 19.9. The van der Waals surface area contributed by atoms with Crippen LogP contribution in [0, 0.1) is 5.92 Å². The Kier molecular flexibility index (Phi) is 5.51. The SMILES string of the molecule is Cn1nc(-c2ccco2)cc1C1CN2CCC1CC2CNC(=O)COc1ccccc1. The molecule has 3 aliphatic heterocycles. The normalized spacial score (nSPS) is 24.8. The minimum atomic E-state index is -0.0715. The van der Waals surface area contributed by atoms with Gasteiger partial charge in [-0.15, -0.1) is 0 Å². The number of hydrogen-bond donors (Lipinski definition) is 1. The van der Waals surface area contributed by atoms with Crippen molar-refractivity contribution in [2.75, 3.05) is 26.2 Å². The van der Waals surface area contributed by atoms with Crippen LogP contribution in [0.5, 0.6) is 5.75 Å². The molecule has 5 heterocycles. The molecule has 31 heavy (non-hydrogen) atoms. The lowest BCUT2D eigenvalue weighted by atomic mass is 9.74. The minimum Gasteiger partial charge on any atom is -0.484 e. The van der Waals surface area contributed by atoms with Gasteiger partial charge in [0.2, 0.25) is 0 Å². The molecule has 1 aromatic carbocycles. The molecule has 0 spiro atoms. The number of aryl methyl sites for hydroxylation is 1. The van der Waals surface area contributed by atoms with Gasteiger partial charge in [-0.25, -0.2) is 0 Å². The van der Waals surface area contributed by atoms with Crippen molar-refractivity contribution in [3.63, 3.8) is 0 Å². The molecule has 1 amide bonds. The lowest BCUT2D eigenvalue weighted by molar-refractivity contribution is -0.123. The smallest absolute Gasteiger partial charge is 0.257 e. The molecule has 3 aromatic rings. The third kappa shape index (κ3) is 4.23. The molecular weight excluding hydrogens is 392 g/mol. The number of furan rings is 1. The van der Waals surface area contributed by atoms with Gasteiger partial charge in [0.1, 0.15) is 11.4 Å². The van der Waals surface area contributed by atoms with Crippen molar-refractivity contribution >= 4 is 5.91 Å². The van der Waals surface area contributed by atoms with E-state index in [0.29, 0.717) is 30.2 Å². The lowest BCUT2D eigenvalue weighted by Crippen LogP contribution is -2.56. The number of para-hydroxylation sites is 1. The topological polar surface area (TPSA) is 72.5 Å². The molecule has 2 bridgehead atoms. The van der Waals surface area contributed by atoms with E-state index in [0.717, 1.165) is 31.0 Å². The zero-order chi connectivity index (χ0) is 21.2. The lowest BCUT2D eigenvalue weighted by Gasteiger charge is -2.49. The number of ether oxygens (including phenoxy) is 1. The predicted molar refractivity (Wildman–Crippen MR) is 117 cm³/mol. The molecule has 7 nitrogen and oxygen atoms in total. The number of nitrogens with zero attached hydrogens (tertiary/aromatic N) is 3. The summed E-state index contributed by atoms with van der Waals surface area (Å²) in [4.78, 5) is 14.8. The molecule has 162 valence electrons. The molecule has 0 radical (unpaired) electrons. The number of nitrogens with one attached hydrogen (secondary N) is 1. The fourth-order valence-electron chi connectivity index (χ4n) is 5.01. The van der Waals surface area contributed by atoms with Gasteiger partial charge >= 0.3 is 0 Å². The molecule has 2 aromatic heterocycles. The Morgan fingerprint density at radius 2 is 2.13 bits per heavy atom. The average Bonchev–Trinajstić information content (AvgIpc) is 3.47. The third-order valence-corrected chi connectivity index (χ3v) is 6.60. The summed E-state index contributed by atoms with van der Waals surface area (Å²) in [5, 5.41) is 7.73. The number of piperidine rings is 3. The van der Waals surface area contributed by atoms with Crippen molar-refractivity contribution in [2.24, 2.45) is 13.0 Å². The molecule has 3 fully saturated rings. The summed E-state index contributed by atoms with van der Waals surface area (Å²) in [6.45, 7) is 2.81. The highest BCUT2D eigenvalue weighted by molar-refractivity contribution is 5.77. The first-order chi connectivity index (χ1) is 15.2. The number of carbonyl (C=O) groups excluding carboxylic acids is 1. The Bertz CT molecular complexity index is 1010. The molecule has 0 saturated carbocycles. The van der Waals surface area contributed by atoms with E-state index < -0.39 is 0 Å². The van der Waals surface area contributed by atoms with Gasteiger partial charge < -0.3 is 14.5 Å². The maximum atomic E-state index is 12.2. The summed E-state index contributed by atoms with van der Waals surface area (Å²) in [6, 6.07) is 15.8. The summed E-state index contributed by atoms with van der Waals surface area (Å²) in [6.07, 6.45) is 3.96. The summed E-state index contributed by atoms with van der Waals surface area (Å²) in [5.74, 6) is 2.51. The molecule has 4 unspecified atom stereocenters. The Morgan fingerprint density at radius 1 is 1.26 bits per heavy atom. The zero-order valence-electron chi connectivity index (χ0n) is 17.7. The van der Waals surface area contributed by atoms with Crippen LogP contribution in [0.4, 0.5) is 0 Å². The van der Waals surface area contributed by atoms with Gasteiger partial charge in [-0.05, 0) is 55.6 Å². The molecule has 4 atom stereocenters. The van der Waals surface area contributed by atoms with E-state index in [1.165, 1.54) is 12.1 Å². The maximum absolute atomic E-state index is 12.2. The van der Waals surface area contributed by atoms with E-state index in [1.54, 1.807) is 6.26 Å². The Morgan fingerprint density at radius 3 is 2.87 bits per heavy atom. The predicted octanol–water partition coefficient (Wildman–Crippen LogP) is 3.05. The quantitative estimate of drug-likeness (QED) is 0.636. The van der Waals surface area contributed by atoms with Crippen LogP contribution in [0.15, 0.2) is 59.2 Å². The number of hydrogen-bond acceptors (Lipinski definition) is 5. The Hall–Kier alpha value is -3.06. The van der Waals surface area contributed by atoms with Crippen molar-refractivity contribution in [1.29, 1.82) is 0 Å². The van der Waals surface area contributed by atoms with Crippen LogP contribution in [0.3, 0.4) is 0 Å².